The molecule has 1 rings (SSSR count). The minimum Gasteiger partial charge on any atom is -0.496 e. The van der Waals surface area contributed by atoms with Crippen LogP contribution in [0.15, 0.2) is 18.2 Å². The Morgan fingerprint density at radius 3 is 2.06 bits per heavy atom. The second-order valence-corrected chi connectivity index (χ2v) is 2.86. The van der Waals surface area contributed by atoms with Crippen LogP contribution in [-0.4, -0.2) is 26.2 Å². The molecule has 0 radical (unpaired) electrons. The zero-order valence-electron chi connectivity index (χ0n) is 8.94. The molecule has 6 heteroatoms. The molecular formula is C10H12N2O4. The normalized spacial score (nSPS) is 9.38. The van der Waals surface area contributed by atoms with Gasteiger partial charge in [0.1, 0.15) is 17.1 Å². The fourth-order valence-electron chi connectivity index (χ4n) is 1.25. The summed E-state index contributed by atoms with van der Waals surface area (Å²) in [6, 6.07) is 3.90. The summed E-state index contributed by atoms with van der Waals surface area (Å²) in [5.74, 6) is -0.0574. The van der Waals surface area contributed by atoms with E-state index >= 15 is 0 Å². The molecule has 0 aliphatic carbocycles. The van der Waals surface area contributed by atoms with Crippen LogP contribution in [0.3, 0.4) is 0 Å². The van der Waals surface area contributed by atoms with E-state index in [0.717, 1.165) is 0 Å². The van der Waals surface area contributed by atoms with E-state index in [4.69, 9.17) is 15.2 Å². The minimum atomic E-state index is -0.932. The Morgan fingerprint density at radius 1 is 1.19 bits per heavy atom. The van der Waals surface area contributed by atoms with Crippen molar-refractivity contribution in [3.8, 4) is 11.5 Å². The zero-order chi connectivity index (χ0) is 12.1. The Morgan fingerprint density at radius 2 is 1.69 bits per heavy atom. The summed E-state index contributed by atoms with van der Waals surface area (Å²) in [6.07, 6.45) is 0. The lowest BCUT2D eigenvalue weighted by Gasteiger charge is -2.11. The number of carbonyl (C=O) groups is 2. The molecule has 0 heterocycles. The quantitative estimate of drug-likeness (QED) is 0.782. The predicted octanol–water partition coefficient (Wildman–Crippen LogP) is 0.512. The van der Waals surface area contributed by atoms with E-state index in [-0.39, 0.29) is 5.56 Å². The average molecular weight is 224 g/mol. The fourth-order valence-corrected chi connectivity index (χ4v) is 1.25. The molecule has 16 heavy (non-hydrogen) atoms. The number of hydrogen-bond donors (Lipinski definition) is 2. The molecule has 3 amide bonds. The average Bonchev–Trinajstić information content (AvgIpc) is 2.26. The maximum absolute atomic E-state index is 11.6. The van der Waals surface area contributed by atoms with Crippen molar-refractivity contribution in [2.45, 2.75) is 0 Å². The van der Waals surface area contributed by atoms with Gasteiger partial charge in [-0.15, -0.1) is 0 Å². The summed E-state index contributed by atoms with van der Waals surface area (Å²) in [4.78, 5) is 22.2. The Balaban J connectivity index is 3.17. The van der Waals surface area contributed by atoms with Gasteiger partial charge in [-0.05, 0) is 12.1 Å². The van der Waals surface area contributed by atoms with Gasteiger partial charge in [0.25, 0.3) is 5.91 Å². The van der Waals surface area contributed by atoms with Crippen molar-refractivity contribution in [1.82, 2.24) is 5.32 Å². The van der Waals surface area contributed by atoms with Crippen molar-refractivity contribution in [2.75, 3.05) is 14.2 Å². The molecule has 0 bridgehead atoms. The lowest BCUT2D eigenvalue weighted by molar-refractivity contribution is 0.0960. The highest BCUT2D eigenvalue weighted by molar-refractivity contribution is 6.07. The first-order valence-electron chi connectivity index (χ1n) is 4.42. The summed E-state index contributed by atoms with van der Waals surface area (Å²) in [5, 5.41) is 1.95. The Labute approximate surface area is 92.3 Å². The van der Waals surface area contributed by atoms with Crippen LogP contribution in [0.1, 0.15) is 10.4 Å². The van der Waals surface area contributed by atoms with E-state index in [9.17, 15) is 9.59 Å². The van der Waals surface area contributed by atoms with E-state index in [1.165, 1.54) is 14.2 Å². The van der Waals surface area contributed by atoms with Gasteiger partial charge in [-0.1, -0.05) is 6.07 Å². The summed E-state index contributed by atoms with van der Waals surface area (Å²) < 4.78 is 10.00. The molecule has 0 saturated carbocycles. The molecule has 0 aliphatic heterocycles. The number of methoxy groups -OCH3 is 2. The number of carbonyl (C=O) groups excluding carboxylic acids is 2. The topological polar surface area (TPSA) is 90.7 Å². The van der Waals surface area contributed by atoms with Crippen LogP contribution in [-0.2, 0) is 0 Å². The smallest absolute Gasteiger partial charge is 0.319 e. The third-order valence-corrected chi connectivity index (χ3v) is 1.89. The van der Waals surface area contributed by atoms with Gasteiger partial charge < -0.3 is 15.2 Å². The van der Waals surface area contributed by atoms with Crippen molar-refractivity contribution in [1.29, 1.82) is 0 Å². The van der Waals surface area contributed by atoms with Gasteiger partial charge in [0.2, 0.25) is 0 Å². The monoisotopic (exact) mass is 224 g/mol. The first kappa shape index (κ1) is 11.8. The van der Waals surface area contributed by atoms with Crippen LogP contribution in [0.2, 0.25) is 0 Å². The first-order valence-corrected chi connectivity index (χ1v) is 4.42. The molecule has 0 fully saturated rings. The third-order valence-electron chi connectivity index (χ3n) is 1.89. The number of urea groups is 1. The molecule has 1 aromatic carbocycles. The highest BCUT2D eigenvalue weighted by atomic mass is 16.5. The number of hydrogen-bond acceptors (Lipinski definition) is 4. The first-order chi connectivity index (χ1) is 7.60. The Kier molecular flexibility index (Phi) is 3.71. The van der Waals surface area contributed by atoms with Crippen LogP contribution in [0.5, 0.6) is 11.5 Å². The summed E-state index contributed by atoms with van der Waals surface area (Å²) in [5.41, 5.74) is 4.99. The number of rotatable bonds is 3. The highest BCUT2D eigenvalue weighted by Crippen LogP contribution is 2.27. The molecule has 0 unspecified atom stereocenters. The molecular weight excluding hydrogens is 212 g/mol. The third kappa shape index (κ3) is 2.41. The van der Waals surface area contributed by atoms with Crippen LogP contribution in [0, 0.1) is 0 Å². The highest BCUT2D eigenvalue weighted by Gasteiger charge is 2.18. The molecule has 0 saturated heterocycles. The Hall–Kier alpha value is -2.24. The molecule has 6 nitrogen and oxygen atoms in total. The Bertz CT molecular complexity index is 395. The number of imide groups is 1. The lowest BCUT2D eigenvalue weighted by atomic mass is 10.1. The SMILES string of the molecule is COc1cccc(OC)c1C(=O)NC(N)=O. The van der Waals surface area contributed by atoms with Crippen LogP contribution < -0.4 is 20.5 Å². The van der Waals surface area contributed by atoms with Crippen molar-refractivity contribution in [2.24, 2.45) is 5.73 Å². The molecule has 3 N–H and O–H groups in total. The molecule has 0 aromatic heterocycles. The van der Waals surface area contributed by atoms with Crippen molar-refractivity contribution < 1.29 is 19.1 Å². The molecule has 0 spiro atoms. The van der Waals surface area contributed by atoms with Gasteiger partial charge in [0, 0.05) is 0 Å². The maximum Gasteiger partial charge on any atom is 0.319 e. The van der Waals surface area contributed by atoms with E-state index < -0.39 is 11.9 Å². The van der Waals surface area contributed by atoms with Crippen molar-refractivity contribution in [3.05, 3.63) is 23.8 Å². The molecule has 86 valence electrons. The van der Waals surface area contributed by atoms with Crippen LogP contribution >= 0.6 is 0 Å². The number of primary amides is 1. The number of nitrogens with one attached hydrogen (secondary N) is 1. The van der Waals surface area contributed by atoms with E-state index in [2.05, 4.69) is 0 Å². The van der Waals surface area contributed by atoms with Crippen molar-refractivity contribution >= 4 is 11.9 Å². The largest absolute Gasteiger partial charge is 0.496 e. The predicted molar refractivity (Wildman–Crippen MR) is 56.6 cm³/mol. The molecule has 1 aromatic rings. The minimum absolute atomic E-state index is 0.131. The van der Waals surface area contributed by atoms with E-state index in [1.54, 1.807) is 18.2 Å². The van der Waals surface area contributed by atoms with Gasteiger partial charge in [0.05, 0.1) is 14.2 Å². The van der Waals surface area contributed by atoms with Gasteiger partial charge in [-0.25, -0.2) is 4.79 Å². The van der Waals surface area contributed by atoms with Gasteiger partial charge in [0.15, 0.2) is 0 Å². The number of benzene rings is 1. The second-order valence-electron chi connectivity index (χ2n) is 2.86. The summed E-state index contributed by atoms with van der Waals surface area (Å²) in [6.45, 7) is 0. The van der Waals surface area contributed by atoms with E-state index in [1.807, 2.05) is 5.32 Å². The number of ether oxygens (including phenoxy) is 2. The number of nitrogens with two attached hydrogens (primary N) is 1. The van der Waals surface area contributed by atoms with E-state index in [0.29, 0.717) is 11.5 Å². The molecule has 0 atom stereocenters. The van der Waals surface area contributed by atoms with Crippen molar-refractivity contribution in [3.63, 3.8) is 0 Å². The lowest BCUT2D eigenvalue weighted by Crippen LogP contribution is -2.35. The summed E-state index contributed by atoms with van der Waals surface area (Å²) >= 11 is 0. The maximum atomic E-state index is 11.6. The second kappa shape index (κ2) is 5.01. The van der Waals surface area contributed by atoms with Gasteiger partial charge >= 0.3 is 6.03 Å². The van der Waals surface area contributed by atoms with Gasteiger partial charge in [-0.3, -0.25) is 10.1 Å². The standard InChI is InChI=1S/C10H12N2O4/c1-15-6-4-3-5-7(16-2)8(6)9(13)12-10(11)14/h3-5H,1-2H3,(H3,11,12,13,14). The summed E-state index contributed by atoms with van der Waals surface area (Å²) in [7, 11) is 2.83. The van der Waals surface area contributed by atoms with Crippen LogP contribution in [0.25, 0.3) is 0 Å². The molecule has 0 aliphatic rings. The fraction of sp³-hybridized carbons (Fsp3) is 0.200. The van der Waals surface area contributed by atoms with Gasteiger partial charge in [-0.2, -0.15) is 0 Å². The van der Waals surface area contributed by atoms with Crippen LogP contribution in [0.4, 0.5) is 4.79 Å². The number of amides is 3. The zero-order valence-corrected chi connectivity index (χ0v) is 8.94.